The summed E-state index contributed by atoms with van der Waals surface area (Å²) in [5.41, 5.74) is 1.34. The number of nitrogens with zero attached hydrogens (tertiary/aromatic N) is 5. The minimum atomic E-state index is -0.0807. The van der Waals surface area contributed by atoms with Crippen LogP contribution < -0.4 is 5.32 Å². The highest BCUT2D eigenvalue weighted by molar-refractivity contribution is 5.98. The Kier molecular flexibility index (Phi) is 4.21. The van der Waals surface area contributed by atoms with Crippen LogP contribution in [0.1, 0.15) is 34.7 Å². The summed E-state index contributed by atoms with van der Waals surface area (Å²) in [5, 5.41) is 7.43. The van der Waals surface area contributed by atoms with Gasteiger partial charge in [0.25, 0.3) is 5.91 Å². The molecule has 1 fully saturated rings. The van der Waals surface area contributed by atoms with Gasteiger partial charge >= 0.3 is 0 Å². The van der Waals surface area contributed by atoms with Gasteiger partial charge in [0.05, 0.1) is 5.69 Å². The van der Waals surface area contributed by atoms with E-state index in [1.165, 1.54) is 12.8 Å². The Balaban J connectivity index is 1.76. The van der Waals surface area contributed by atoms with Gasteiger partial charge in [-0.25, -0.2) is 4.98 Å². The summed E-state index contributed by atoms with van der Waals surface area (Å²) in [6.07, 6.45) is 6.12. The van der Waals surface area contributed by atoms with E-state index in [0.717, 1.165) is 23.9 Å². The standard InChI is InChI=1S/C16H24N6O/c1-11-14(15(23)18-7-9-20(3)13-5-6-13)16(21(4)19-11)22-10-8-17-12(22)2/h8,10,13H,5-7,9H2,1-4H3,(H,18,23). The van der Waals surface area contributed by atoms with Gasteiger partial charge in [0.15, 0.2) is 0 Å². The maximum absolute atomic E-state index is 12.7. The van der Waals surface area contributed by atoms with Crippen molar-refractivity contribution in [1.82, 2.24) is 29.5 Å². The van der Waals surface area contributed by atoms with Crippen molar-refractivity contribution in [3.8, 4) is 5.82 Å². The molecule has 0 aromatic carbocycles. The lowest BCUT2D eigenvalue weighted by molar-refractivity contribution is 0.0949. The molecule has 1 aliphatic carbocycles. The van der Waals surface area contributed by atoms with Crippen LogP contribution in [-0.2, 0) is 7.05 Å². The number of nitrogens with one attached hydrogen (secondary N) is 1. The summed E-state index contributed by atoms with van der Waals surface area (Å²) >= 11 is 0. The number of aromatic nitrogens is 4. The Labute approximate surface area is 136 Å². The lowest BCUT2D eigenvalue weighted by Gasteiger charge is -2.16. The van der Waals surface area contributed by atoms with E-state index in [-0.39, 0.29) is 5.91 Å². The van der Waals surface area contributed by atoms with Gasteiger partial charge in [-0.1, -0.05) is 0 Å². The summed E-state index contributed by atoms with van der Waals surface area (Å²) < 4.78 is 3.63. The van der Waals surface area contributed by atoms with Crippen molar-refractivity contribution >= 4 is 5.91 Å². The van der Waals surface area contributed by atoms with Gasteiger partial charge in [-0.2, -0.15) is 5.10 Å². The van der Waals surface area contributed by atoms with Gasteiger partial charge in [0, 0.05) is 38.6 Å². The number of amides is 1. The first-order chi connectivity index (χ1) is 11.0. The molecule has 0 aliphatic heterocycles. The Morgan fingerprint density at radius 1 is 1.43 bits per heavy atom. The van der Waals surface area contributed by atoms with E-state index in [1.54, 1.807) is 10.9 Å². The van der Waals surface area contributed by atoms with Gasteiger partial charge in [0.1, 0.15) is 17.2 Å². The van der Waals surface area contributed by atoms with E-state index >= 15 is 0 Å². The first-order valence-electron chi connectivity index (χ1n) is 8.01. The van der Waals surface area contributed by atoms with Gasteiger partial charge in [-0.15, -0.1) is 0 Å². The second-order valence-corrected chi connectivity index (χ2v) is 6.22. The maximum atomic E-state index is 12.7. The predicted molar refractivity (Wildman–Crippen MR) is 87.8 cm³/mol. The fourth-order valence-corrected chi connectivity index (χ4v) is 2.92. The summed E-state index contributed by atoms with van der Waals surface area (Å²) in [6.45, 7) is 5.29. The molecule has 1 N–H and O–H groups in total. The fraction of sp³-hybridized carbons (Fsp3) is 0.562. The maximum Gasteiger partial charge on any atom is 0.257 e. The highest BCUT2D eigenvalue weighted by Gasteiger charge is 2.26. The number of likely N-dealkylation sites (N-methyl/N-ethyl adjacent to an activating group) is 1. The summed E-state index contributed by atoms with van der Waals surface area (Å²) in [7, 11) is 3.96. The molecule has 7 heteroatoms. The largest absolute Gasteiger partial charge is 0.351 e. The van der Waals surface area contributed by atoms with Crippen LogP contribution in [0.3, 0.4) is 0 Å². The lowest BCUT2D eigenvalue weighted by Crippen LogP contribution is -2.34. The van der Waals surface area contributed by atoms with Crippen LogP contribution in [0.15, 0.2) is 12.4 Å². The van der Waals surface area contributed by atoms with E-state index in [1.807, 2.05) is 31.7 Å². The monoisotopic (exact) mass is 316 g/mol. The average Bonchev–Trinajstić information content (AvgIpc) is 3.20. The second kappa shape index (κ2) is 6.16. The molecule has 3 rings (SSSR count). The van der Waals surface area contributed by atoms with Crippen LogP contribution in [0.25, 0.3) is 5.82 Å². The molecule has 124 valence electrons. The third-order valence-electron chi connectivity index (χ3n) is 4.39. The zero-order chi connectivity index (χ0) is 16.6. The van der Waals surface area contributed by atoms with Gasteiger partial charge in [-0.05, 0) is 33.7 Å². The van der Waals surface area contributed by atoms with Crippen molar-refractivity contribution in [2.24, 2.45) is 7.05 Å². The van der Waals surface area contributed by atoms with Crippen molar-refractivity contribution in [3.63, 3.8) is 0 Å². The van der Waals surface area contributed by atoms with E-state index in [2.05, 4.69) is 27.3 Å². The molecule has 0 radical (unpaired) electrons. The van der Waals surface area contributed by atoms with E-state index < -0.39 is 0 Å². The molecular weight excluding hydrogens is 292 g/mol. The molecule has 1 saturated carbocycles. The predicted octanol–water partition coefficient (Wildman–Crippen LogP) is 1.05. The van der Waals surface area contributed by atoms with E-state index in [0.29, 0.717) is 18.2 Å². The van der Waals surface area contributed by atoms with Crippen molar-refractivity contribution < 1.29 is 4.79 Å². The Bertz CT molecular complexity index is 712. The smallest absolute Gasteiger partial charge is 0.257 e. The number of hydrogen-bond donors (Lipinski definition) is 1. The first-order valence-corrected chi connectivity index (χ1v) is 8.01. The molecule has 2 aromatic heterocycles. The number of imidazole rings is 1. The number of carbonyl (C=O) groups excluding carboxylic acids is 1. The molecule has 7 nitrogen and oxygen atoms in total. The SMILES string of the molecule is Cc1nn(C)c(-n2ccnc2C)c1C(=O)NCCN(C)C1CC1. The highest BCUT2D eigenvalue weighted by atomic mass is 16.1. The Hall–Kier alpha value is -2.15. The molecule has 0 bridgehead atoms. The fourth-order valence-electron chi connectivity index (χ4n) is 2.92. The minimum Gasteiger partial charge on any atom is -0.351 e. The topological polar surface area (TPSA) is 68.0 Å². The summed E-state index contributed by atoms with van der Waals surface area (Å²) in [6, 6.07) is 0.705. The summed E-state index contributed by atoms with van der Waals surface area (Å²) in [4.78, 5) is 19.2. The molecule has 0 spiro atoms. The van der Waals surface area contributed by atoms with Gasteiger partial charge < -0.3 is 10.2 Å². The number of aryl methyl sites for hydroxylation is 3. The molecule has 1 amide bonds. The van der Waals surface area contributed by atoms with Crippen LogP contribution in [0.5, 0.6) is 0 Å². The van der Waals surface area contributed by atoms with Crippen LogP contribution in [0, 0.1) is 13.8 Å². The Morgan fingerprint density at radius 3 is 2.78 bits per heavy atom. The van der Waals surface area contributed by atoms with Crippen LogP contribution in [0.2, 0.25) is 0 Å². The molecule has 0 saturated heterocycles. The Morgan fingerprint density at radius 2 is 2.17 bits per heavy atom. The minimum absolute atomic E-state index is 0.0807. The third kappa shape index (κ3) is 3.14. The van der Waals surface area contributed by atoms with Crippen LogP contribution >= 0.6 is 0 Å². The second-order valence-electron chi connectivity index (χ2n) is 6.22. The van der Waals surface area contributed by atoms with Gasteiger partial charge in [-0.3, -0.25) is 14.0 Å². The summed E-state index contributed by atoms with van der Waals surface area (Å²) in [5.74, 6) is 1.50. The van der Waals surface area contributed by atoms with Crippen molar-refractivity contribution in [1.29, 1.82) is 0 Å². The number of carbonyl (C=O) groups is 1. The van der Waals surface area contributed by atoms with E-state index in [9.17, 15) is 4.79 Å². The quantitative estimate of drug-likeness (QED) is 0.865. The molecule has 23 heavy (non-hydrogen) atoms. The van der Waals surface area contributed by atoms with Crippen molar-refractivity contribution in [3.05, 3.63) is 29.5 Å². The van der Waals surface area contributed by atoms with E-state index in [4.69, 9.17) is 0 Å². The van der Waals surface area contributed by atoms with Crippen molar-refractivity contribution in [2.75, 3.05) is 20.1 Å². The van der Waals surface area contributed by atoms with Gasteiger partial charge in [0.2, 0.25) is 0 Å². The average molecular weight is 316 g/mol. The molecule has 1 aliphatic rings. The normalized spacial score (nSPS) is 14.5. The molecular formula is C16H24N6O. The molecule has 2 heterocycles. The molecule has 0 unspecified atom stereocenters. The van der Waals surface area contributed by atoms with Crippen LogP contribution in [0.4, 0.5) is 0 Å². The number of hydrogen-bond acceptors (Lipinski definition) is 4. The molecule has 0 atom stereocenters. The number of rotatable bonds is 6. The lowest BCUT2D eigenvalue weighted by atomic mass is 10.2. The zero-order valence-electron chi connectivity index (χ0n) is 14.2. The van der Waals surface area contributed by atoms with Crippen LogP contribution in [-0.4, -0.2) is 56.3 Å². The zero-order valence-corrected chi connectivity index (χ0v) is 14.2. The molecule has 2 aromatic rings. The first kappa shape index (κ1) is 15.7. The van der Waals surface area contributed by atoms with Crippen molar-refractivity contribution in [2.45, 2.75) is 32.7 Å². The highest BCUT2D eigenvalue weighted by Crippen LogP contribution is 2.24. The third-order valence-corrected chi connectivity index (χ3v) is 4.39.